The zero-order chi connectivity index (χ0) is 10.9. The molecule has 2 heteroatoms. The molecule has 0 atom stereocenters. The maximum absolute atomic E-state index is 3.78. The standard InChI is InChI=1S/C9H10.C5H5N.ClH/c1-3-9-7-5-4-6-8(9)2;1-2-4-6-5-3-1;/h3-7H,1H2,2H3;1-5H;1H. The molecule has 16 heavy (non-hydrogen) atoms. The van der Waals surface area contributed by atoms with E-state index in [1.54, 1.807) is 12.4 Å². The summed E-state index contributed by atoms with van der Waals surface area (Å²) in [4.78, 5) is 3.78. The highest BCUT2D eigenvalue weighted by Crippen LogP contribution is 2.06. The van der Waals surface area contributed by atoms with Crippen LogP contribution in [-0.4, -0.2) is 4.98 Å². The van der Waals surface area contributed by atoms with E-state index in [2.05, 4.69) is 30.6 Å². The molecule has 0 saturated heterocycles. The zero-order valence-corrected chi connectivity index (χ0v) is 10.2. The summed E-state index contributed by atoms with van der Waals surface area (Å²) in [6, 6.07) is 13.9. The van der Waals surface area contributed by atoms with Gasteiger partial charge in [-0.3, -0.25) is 4.98 Å². The number of rotatable bonds is 1. The van der Waals surface area contributed by atoms with Crippen LogP contribution in [0.25, 0.3) is 6.08 Å². The smallest absolute Gasteiger partial charge is 0.0267 e. The normalized spacial score (nSPS) is 8.06. The second kappa shape index (κ2) is 8.69. The summed E-state index contributed by atoms with van der Waals surface area (Å²) < 4.78 is 0. The van der Waals surface area contributed by atoms with Gasteiger partial charge >= 0.3 is 0 Å². The number of aromatic nitrogens is 1. The quantitative estimate of drug-likeness (QED) is 0.722. The number of aryl methyl sites for hydroxylation is 1. The van der Waals surface area contributed by atoms with Crippen molar-refractivity contribution in [3.8, 4) is 0 Å². The van der Waals surface area contributed by atoms with E-state index in [1.165, 1.54) is 11.1 Å². The van der Waals surface area contributed by atoms with Crippen LogP contribution in [0.5, 0.6) is 0 Å². The first-order chi connectivity index (χ1) is 7.34. The van der Waals surface area contributed by atoms with Crippen LogP contribution in [0.15, 0.2) is 61.4 Å². The molecule has 0 saturated carbocycles. The summed E-state index contributed by atoms with van der Waals surface area (Å²) in [7, 11) is 0. The number of halogens is 1. The molecular weight excluding hydrogens is 218 g/mol. The van der Waals surface area contributed by atoms with E-state index >= 15 is 0 Å². The molecule has 2 rings (SSSR count). The summed E-state index contributed by atoms with van der Waals surface area (Å²) >= 11 is 0. The van der Waals surface area contributed by atoms with E-state index in [-0.39, 0.29) is 12.4 Å². The van der Waals surface area contributed by atoms with E-state index in [9.17, 15) is 0 Å². The van der Waals surface area contributed by atoms with Crippen molar-refractivity contribution in [3.63, 3.8) is 0 Å². The lowest BCUT2D eigenvalue weighted by Gasteiger charge is -1.95. The van der Waals surface area contributed by atoms with Crippen molar-refractivity contribution in [2.24, 2.45) is 0 Å². The number of pyridine rings is 1. The van der Waals surface area contributed by atoms with Crippen molar-refractivity contribution >= 4 is 18.5 Å². The Bertz CT molecular complexity index is 372. The van der Waals surface area contributed by atoms with Gasteiger partial charge in [0.2, 0.25) is 0 Å². The van der Waals surface area contributed by atoms with Crippen LogP contribution in [0.3, 0.4) is 0 Å². The van der Waals surface area contributed by atoms with Crippen LogP contribution < -0.4 is 0 Å². The van der Waals surface area contributed by atoms with Crippen LogP contribution in [0, 0.1) is 6.92 Å². The van der Waals surface area contributed by atoms with E-state index in [4.69, 9.17) is 0 Å². The molecule has 0 bridgehead atoms. The van der Waals surface area contributed by atoms with Gasteiger partial charge in [0.25, 0.3) is 0 Å². The molecule has 0 aliphatic carbocycles. The Kier molecular flexibility index (Phi) is 7.82. The van der Waals surface area contributed by atoms with Gasteiger partial charge in [-0.15, -0.1) is 12.4 Å². The Balaban J connectivity index is 0.000000283. The lowest BCUT2D eigenvalue weighted by Crippen LogP contribution is -1.75. The van der Waals surface area contributed by atoms with Gasteiger partial charge in [0.15, 0.2) is 0 Å². The molecule has 0 radical (unpaired) electrons. The molecule has 0 fully saturated rings. The number of hydrogen-bond donors (Lipinski definition) is 0. The maximum atomic E-state index is 3.78. The predicted octanol–water partition coefficient (Wildman–Crippen LogP) is 4.14. The predicted molar refractivity (Wildman–Crippen MR) is 72.8 cm³/mol. The first-order valence-electron chi connectivity index (χ1n) is 4.87. The van der Waals surface area contributed by atoms with Crippen LogP contribution >= 0.6 is 12.4 Å². The number of hydrogen-bond acceptors (Lipinski definition) is 1. The third-order valence-corrected chi connectivity index (χ3v) is 1.97. The van der Waals surface area contributed by atoms with Gasteiger partial charge in [-0.25, -0.2) is 0 Å². The average molecular weight is 234 g/mol. The van der Waals surface area contributed by atoms with E-state index < -0.39 is 0 Å². The minimum absolute atomic E-state index is 0. The highest BCUT2D eigenvalue weighted by Gasteiger charge is 1.86. The Morgan fingerprint density at radius 2 is 1.62 bits per heavy atom. The van der Waals surface area contributed by atoms with Gasteiger partial charge in [-0.1, -0.05) is 43.0 Å². The second-order valence-corrected chi connectivity index (χ2v) is 3.09. The minimum atomic E-state index is 0. The van der Waals surface area contributed by atoms with E-state index in [0.717, 1.165) is 0 Å². The van der Waals surface area contributed by atoms with Crippen molar-refractivity contribution in [1.29, 1.82) is 0 Å². The lowest BCUT2D eigenvalue weighted by molar-refractivity contribution is 1.33. The molecule has 0 unspecified atom stereocenters. The number of benzene rings is 1. The third kappa shape index (κ3) is 5.32. The fourth-order valence-electron chi connectivity index (χ4n) is 1.13. The molecule has 84 valence electrons. The Hall–Kier alpha value is -1.60. The summed E-state index contributed by atoms with van der Waals surface area (Å²) in [6.45, 7) is 5.77. The lowest BCUT2D eigenvalue weighted by atomic mass is 10.1. The molecule has 0 spiro atoms. The summed E-state index contributed by atoms with van der Waals surface area (Å²) in [6.07, 6.45) is 5.37. The molecule has 2 aromatic rings. The van der Waals surface area contributed by atoms with Gasteiger partial charge < -0.3 is 0 Å². The van der Waals surface area contributed by atoms with Crippen molar-refractivity contribution in [1.82, 2.24) is 4.98 Å². The molecular formula is C14H16ClN. The summed E-state index contributed by atoms with van der Waals surface area (Å²) in [5.41, 5.74) is 2.50. The third-order valence-electron chi connectivity index (χ3n) is 1.97. The first kappa shape index (κ1) is 14.4. The molecule has 1 heterocycles. The van der Waals surface area contributed by atoms with Crippen LogP contribution in [0.2, 0.25) is 0 Å². The van der Waals surface area contributed by atoms with Gasteiger partial charge in [-0.05, 0) is 30.2 Å². The Morgan fingerprint density at radius 3 is 1.94 bits per heavy atom. The molecule has 1 aromatic heterocycles. The van der Waals surface area contributed by atoms with Gasteiger partial charge in [0.1, 0.15) is 0 Å². The Morgan fingerprint density at radius 1 is 1.00 bits per heavy atom. The van der Waals surface area contributed by atoms with Crippen LogP contribution in [0.4, 0.5) is 0 Å². The SMILES string of the molecule is C=Cc1ccccc1C.Cl.c1ccncc1. The van der Waals surface area contributed by atoms with Gasteiger partial charge in [0.05, 0.1) is 0 Å². The maximum Gasteiger partial charge on any atom is 0.0267 e. The van der Waals surface area contributed by atoms with Crippen molar-refractivity contribution in [2.45, 2.75) is 6.92 Å². The minimum Gasteiger partial charge on any atom is -0.265 e. The second-order valence-electron chi connectivity index (χ2n) is 3.09. The fourth-order valence-corrected chi connectivity index (χ4v) is 1.13. The fraction of sp³-hybridized carbons (Fsp3) is 0.0714. The number of nitrogens with zero attached hydrogens (tertiary/aromatic N) is 1. The molecule has 0 amide bonds. The van der Waals surface area contributed by atoms with Crippen LogP contribution in [-0.2, 0) is 0 Å². The van der Waals surface area contributed by atoms with Crippen LogP contribution in [0.1, 0.15) is 11.1 Å². The molecule has 1 aromatic carbocycles. The molecule has 0 aliphatic rings. The molecule has 1 nitrogen and oxygen atoms in total. The van der Waals surface area contributed by atoms with E-state index in [0.29, 0.717) is 0 Å². The highest BCUT2D eigenvalue weighted by molar-refractivity contribution is 5.85. The largest absolute Gasteiger partial charge is 0.265 e. The van der Waals surface area contributed by atoms with Gasteiger partial charge in [0, 0.05) is 12.4 Å². The topological polar surface area (TPSA) is 12.9 Å². The molecule has 0 N–H and O–H groups in total. The monoisotopic (exact) mass is 233 g/mol. The highest BCUT2D eigenvalue weighted by atomic mass is 35.5. The first-order valence-corrected chi connectivity index (χ1v) is 4.87. The van der Waals surface area contributed by atoms with Crippen molar-refractivity contribution < 1.29 is 0 Å². The van der Waals surface area contributed by atoms with E-state index in [1.807, 2.05) is 36.4 Å². The summed E-state index contributed by atoms with van der Waals surface area (Å²) in [5.74, 6) is 0. The summed E-state index contributed by atoms with van der Waals surface area (Å²) in [5, 5.41) is 0. The molecule has 0 aliphatic heterocycles. The van der Waals surface area contributed by atoms with Crippen molar-refractivity contribution in [2.75, 3.05) is 0 Å². The zero-order valence-electron chi connectivity index (χ0n) is 9.34. The average Bonchev–Trinajstić information content (AvgIpc) is 2.33. The Labute approximate surface area is 103 Å². The van der Waals surface area contributed by atoms with Crippen molar-refractivity contribution in [3.05, 3.63) is 72.6 Å². The van der Waals surface area contributed by atoms with Gasteiger partial charge in [-0.2, -0.15) is 0 Å².